The van der Waals surface area contributed by atoms with Gasteiger partial charge in [-0.05, 0) is 173 Å². The highest BCUT2D eigenvalue weighted by atomic mass is 14.5. The van der Waals surface area contributed by atoms with E-state index in [1.807, 2.05) is 0 Å². The SMILES string of the molecule is CC1=CC(C2(c3cc(C)c(C)c(C)c3)c3ccccc3-c3ccccc32)=CC(C)C1C.Cc1ccc(C2(c3ccc(C)c(C)c3)c3ccccc3-c3ccccc32)cc1C. The molecular weight excluding hydrogens is 721 g/mol. The van der Waals surface area contributed by atoms with Crippen molar-refractivity contribution in [3.8, 4) is 22.3 Å². The van der Waals surface area contributed by atoms with Gasteiger partial charge in [-0.25, -0.2) is 0 Å². The second-order valence-corrected chi connectivity index (χ2v) is 18.2. The fourth-order valence-electron chi connectivity index (χ4n) is 10.7. The van der Waals surface area contributed by atoms with Crippen LogP contribution in [0, 0.1) is 60.3 Å². The van der Waals surface area contributed by atoms with Gasteiger partial charge in [0.1, 0.15) is 0 Å². The summed E-state index contributed by atoms with van der Waals surface area (Å²) in [5, 5.41) is 0. The Morgan fingerprint density at radius 1 is 0.367 bits per heavy atom. The first-order valence-corrected chi connectivity index (χ1v) is 21.9. The Kier molecular flexibility index (Phi) is 9.83. The second-order valence-electron chi connectivity index (χ2n) is 18.2. The maximum absolute atomic E-state index is 2.54. The molecule has 0 heterocycles. The molecule has 0 saturated heterocycles. The zero-order valence-corrected chi connectivity index (χ0v) is 37.2. The summed E-state index contributed by atoms with van der Waals surface area (Å²) < 4.78 is 0. The molecule has 0 saturated carbocycles. The normalized spacial score (nSPS) is 17.6. The van der Waals surface area contributed by atoms with E-state index in [9.17, 15) is 0 Å². The molecule has 0 spiro atoms. The van der Waals surface area contributed by atoms with E-state index in [0.717, 1.165) is 0 Å². The molecule has 0 amide bonds. The minimum Gasteiger partial charge on any atom is -0.0763 e. The highest BCUT2D eigenvalue weighted by molar-refractivity contribution is 5.88. The fourth-order valence-corrected chi connectivity index (χ4v) is 10.7. The quantitative estimate of drug-likeness (QED) is 0.167. The Balaban J connectivity index is 0.000000154. The smallest absolute Gasteiger partial charge is 0.0713 e. The Hall–Kier alpha value is -5.98. The van der Waals surface area contributed by atoms with E-state index in [1.54, 1.807) is 0 Å². The van der Waals surface area contributed by atoms with Gasteiger partial charge in [-0.15, -0.1) is 0 Å². The molecule has 298 valence electrons. The van der Waals surface area contributed by atoms with Crippen LogP contribution < -0.4 is 0 Å². The minimum absolute atomic E-state index is 0.272. The molecule has 0 fully saturated rings. The van der Waals surface area contributed by atoms with Crippen molar-refractivity contribution in [3.63, 3.8) is 0 Å². The molecule has 0 heteroatoms. The molecule has 3 aliphatic rings. The van der Waals surface area contributed by atoms with E-state index in [4.69, 9.17) is 0 Å². The summed E-state index contributed by atoms with van der Waals surface area (Å²) in [7, 11) is 0. The molecule has 10 rings (SSSR count). The highest BCUT2D eigenvalue weighted by Crippen LogP contribution is 2.59. The topological polar surface area (TPSA) is 0 Å². The Labute approximate surface area is 359 Å². The summed E-state index contributed by atoms with van der Waals surface area (Å²) in [6, 6.07) is 54.8. The number of benzene rings is 7. The van der Waals surface area contributed by atoms with Crippen molar-refractivity contribution >= 4 is 0 Å². The molecule has 7 aromatic carbocycles. The van der Waals surface area contributed by atoms with Crippen LogP contribution in [0.2, 0.25) is 0 Å². The maximum Gasteiger partial charge on any atom is 0.0713 e. The van der Waals surface area contributed by atoms with Crippen molar-refractivity contribution < 1.29 is 0 Å². The standard InChI is InChI=1S/C31H32.C29H26/c1-19-15-25(16-20(2)23(19)5)31(26-17-21(3)24(6)22(4)18-26)29-13-9-7-11-27(29)28-12-8-10-14-30(28)31;1-19-13-15-23(17-21(19)3)29(24-16-14-20(2)22(4)18-24)27-11-7-5-9-25(27)26-10-6-8-12-28(26)29/h7-19,23H,1-6H3;5-18H,1-4H3. The zero-order valence-electron chi connectivity index (χ0n) is 37.2. The van der Waals surface area contributed by atoms with Crippen LogP contribution >= 0.6 is 0 Å². The highest BCUT2D eigenvalue weighted by Gasteiger charge is 2.48. The molecule has 2 unspecified atom stereocenters. The van der Waals surface area contributed by atoms with Gasteiger partial charge in [0.25, 0.3) is 0 Å². The Bertz CT molecular complexity index is 2720. The maximum atomic E-state index is 2.54. The van der Waals surface area contributed by atoms with E-state index >= 15 is 0 Å². The molecule has 0 aliphatic heterocycles. The molecule has 0 bridgehead atoms. The van der Waals surface area contributed by atoms with Crippen molar-refractivity contribution in [2.75, 3.05) is 0 Å². The van der Waals surface area contributed by atoms with Gasteiger partial charge >= 0.3 is 0 Å². The average molecular weight is 779 g/mol. The molecule has 2 atom stereocenters. The number of aryl methyl sites for hydroxylation is 6. The monoisotopic (exact) mass is 778 g/mol. The van der Waals surface area contributed by atoms with Crippen molar-refractivity contribution in [2.45, 2.75) is 80.1 Å². The van der Waals surface area contributed by atoms with Crippen LogP contribution in [0.3, 0.4) is 0 Å². The van der Waals surface area contributed by atoms with Crippen LogP contribution in [0.4, 0.5) is 0 Å². The summed E-state index contributed by atoms with van der Waals surface area (Å²) in [4.78, 5) is 0. The van der Waals surface area contributed by atoms with Crippen LogP contribution in [-0.2, 0) is 10.8 Å². The van der Waals surface area contributed by atoms with Gasteiger partial charge in [0.2, 0.25) is 0 Å². The third kappa shape index (κ3) is 5.86. The van der Waals surface area contributed by atoms with E-state index < -0.39 is 0 Å². The summed E-state index contributed by atoms with van der Waals surface area (Å²) >= 11 is 0. The van der Waals surface area contributed by atoms with Crippen molar-refractivity contribution in [3.05, 3.63) is 247 Å². The average Bonchev–Trinajstić information content (AvgIpc) is 3.73. The second kappa shape index (κ2) is 14.9. The van der Waals surface area contributed by atoms with E-state index in [-0.39, 0.29) is 10.8 Å². The lowest BCUT2D eigenvalue weighted by atomic mass is 9.63. The largest absolute Gasteiger partial charge is 0.0763 e. The minimum atomic E-state index is -0.288. The molecule has 0 radical (unpaired) electrons. The first-order chi connectivity index (χ1) is 28.9. The number of allylic oxidation sites excluding steroid dienone is 4. The molecule has 3 aliphatic carbocycles. The molecular formula is C60H58. The third-order valence-corrected chi connectivity index (χ3v) is 14.9. The lowest BCUT2D eigenvalue weighted by molar-refractivity contribution is 0.510. The first kappa shape index (κ1) is 39.5. The van der Waals surface area contributed by atoms with Gasteiger partial charge in [0.15, 0.2) is 0 Å². The summed E-state index contributed by atoms with van der Waals surface area (Å²) in [6.07, 6.45) is 5.02. The third-order valence-electron chi connectivity index (χ3n) is 14.9. The summed E-state index contributed by atoms with van der Waals surface area (Å²) in [5.74, 6) is 1.10. The Morgan fingerprint density at radius 3 is 1.12 bits per heavy atom. The van der Waals surface area contributed by atoms with Crippen molar-refractivity contribution in [2.24, 2.45) is 11.8 Å². The van der Waals surface area contributed by atoms with Crippen molar-refractivity contribution in [1.29, 1.82) is 0 Å². The Morgan fingerprint density at radius 2 is 0.733 bits per heavy atom. The van der Waals surface area contributed by atoms with Gasteiger partial charge in [0, 0.05) is 0 Å². The van der Waals surface area contributed by atoms with Crippen LogP contribution in [-0.4, -0.2) is 0 Å². The molecule has 7 aromatic rings. The predicted molar refractivity (Wildman–Crippen MR) is 255 cm³/mol. The molecule has 0 nitrogen and oxygen atoms in total. The molecule has 0 aromatic heterocycles. The van der Waals surface area contributed by atoms with E-state index in [2.05, 4.69) is 227 Å². The van der Waals surface area contributed by atoms with Crippen LogP contribution in [0.5, 0.6) is 0 Å². The number of fused-ring (bicyclic) bond motifs is 6. The number of hydrogen-bond acceptors (Lipinski definition) is 0. The van der Waals surface area contributed by atoms with Gasteiger partial charge < -0.3 is 0 Å². The van der Waals surface area contributed by atoms with Gasteiger partial charge in [0.05, 0.1) is 10.8 Å². The molecule has 0 N–H and O–H groups in total. The fraction of sp³-hybridized carbons (Fsp3) is 0.233. The van der Waals surface area contributed by atoms with Gasteiger partial charge in [-0.3, -0.25) is 0 Å². The lowest BCUT2D eigenvalue weighted by Crippen LogP contribution is -2.31. The molecule has 60 heavy (non-hydrogen) atoms. The van der Waals surface area contributed by atoms with Crippen LogP contribution in [0.1, 0.15) is 98.7 Å². The summed E-state index contributed by atoms with van der Waals surface area (Å²) in [5.41, 5.74) is 26.9. The number of rotatable bonds is 4. The van der Waals surface area contributed by atoms with Gasteiger partial charge in [-0.1, -0.05) is 177 Å². The van der Waals surface area contributed by atoms with Crippen LogP contribution in [0.15, 0.2) is 169 Å². The number of hydrogen-bond donors (Lipinski definition) is 0. The summed E-state index contributed by atoms with van der Waals surface area (Å²) in [6.45, 7) is 22.6. The van der Waals surface area contributed by atoms with E-state index in [1.165, 1.54) is 111 Å². The van der Waals surface area contributed by atoms with Crippen molar-refractivity contribution in [1.82, 2.24) is 0 Å². The zero-order chi connectivity index (χ0) is 42.1. The van der Waals surface area contributed by atoms with Gasteiger partial charge in [-0.2, -0.15) is 0 Å². The first-order valence-electron chi connectivity index (χ1n) is 21.9. The van der Waals surface area contributed by atoms with E-state index in [0.29, 0.717) is 11.8 Å². The lowest BCUT2D eigenvalue weighted by Gasteiger charge is -2.39. The van der Waals surface area contributed by atoms with Crippen LogP contribution in [0.25, 0.3) is 22.3 Å². The predicted octanol–water partition coefficient (Wildman–Crippen LogP) is 15.4.